The molecule has 0 amide bonds. The Morgan fingerprint density at radius 3 is 0.993 bits per heavy atom. The van der Waals surface area contributed by atoms with Crippen molar-refractivity contribution in [1.82, 2.24) is 4.90 Å². The molecule has 7 unspecified atom stereocenters. The minimum absolute atomic E-state index is 0.00514. The second-order valence-corrected chi connectivity index (χ2v) is 37.1. The van der Waals surface area contributed by atoms with Crippen LogP contribution in [0.3, 0.4) is 0 Å². The molecule has 0 radical (unpaired) electrons. The van der Waals surface area contributed by atoms with Crippen LogP contribution in [0.4, 0.5) is 52.7 Å². The van der Waals surface area contributed by atoms with E-state index in [2.05, 4.69) is 70.7 Å². The lowest BCUT2D eigenvalue weighted by molar-refractivity contribution is -0.139. The molecule has 8 aromatic rings. The number of halogens is 12. The average Bonchev–Trinajstić information content (AvgIpc) is 0.809. The first kappa shape index (κ1) is 127. The van der Waals surface area contributed by atoms with E-state index >= 15 is 0 Å². The Bertz CT molecular complexity index is 4620. The summed E-state index contributed by atoms with van der Waals surface area (Å²) in [6.45, 7) is 49.5. The number of likely N-dealkylation sites (tertiary alicyclic amines) is 1. The van der Waals surface area contributed by atoms with Crippen molar-refractivity contribution in [1.29, 1.82) is 0 Å². The molecule has 790 valence electrons. The first-order valence-electron chi connectivity index (χ1n) is 49.4. The van der Waals surface area contributed by atoms with E-state index in [0.29, 0.717) is 98.1 Å². The van der Waals surface area contributed by atoms with E-state index < -0.39 is 67.2 Å². The van der Waals surface area contributed by atoms with Gasteiger partial charge in [0.05, 0.1) is 59.4 Å². The fraction of sp³-hybridized carbons (Fsp3) is 0.571. The molecule has 1 aliphatic heterocycles. The first-order valence-corrected chi connectivity index (χ1v) is 49.4. The zero-order valence-electron chi connectivity index (χ0n) is 86.7. The molecule has 0 aromatic heterocycles. The van der Waals surface area contributed by atoms with E-state index in [4.69, 9.17) is 37.9 Å². The summed E-state index contributed by atoms with van der Waals surface area (Å²) in [7, 11) is 0. The van der Waals surface area contributed by atoms with Crippen molar-refractivity contribution in [3.05, 3.63) is 236 Å². The van der Waals surface area contributed by atoms with Crippen LogP contribution in [0.5, 0.6) is 46.0 Å². The van der Waals surface area contributed by atoms with Crippen LogP contribution < -0.4 is 37.9 Å². The minimum Gasteiger partial charge on any atom is -0.492 e. The van der Waals surface area contributed by atoms with Gasteiger partial charge in [-0.1, -0.05) is 232 Å². The number of benzene rings is 8. The lowest BCUT2D eigenvalue weighted by Crippen LogP contribution is -2.33. The maximum atomic E-state index is 13.0. The number of hydrogen-bond donors (Lipinski definition) is 7. The van der Waals surface area contributed by atoms with Gasteiger partial charge in [0.1, 0.15) is 98.9 Å². The normalized spacial score (nSPS) is 13.7. The third-order valence-electron chi connectivity index (χ3n) is 22.8. The van der Waals surface area contributed by atoms with E-state index in [-0.39, 0.29) is 114 Å². The molecule has 16 nitrogen and oxygen atoms in total. The molecular formula is C112H163F12NO15. The van der Waals surface area contributed by atoms with Crippen LogP contribution in [0.1, 0.15) is 362 Å². The van der Waals surface area contributed by atoms with Crippen LogP contribution in [-0.2, 0) is 12.4 Å². The number of hydrogen-bond acceptors (Lipinski definition) is 16. The van der Waals surface area contributed by atoms with E-state index in [9.17, 15) is 88.4 Å². The lowest BCUT2D eigenvalue weighted by Gasteiger charge is -2.26. The van der Waals surface area contributed by atoms with E-state index in [0.717, 1.165) is 73.8 Å². The zero-order valence-corrected chi connectivity index (χ0v) is 86.7. The average molecular weight is 1990 g/mol. The number of aliphatic hydroxyl groups is 7. The van der Waals surface area contributed by atoms with Crippen molar-refractivity contribution < 1.29 is 126 Å². The Hall–Kier alpha value is -9.00. The molecule has 0 saturated carbocycles. The fourth-order valence-corrected chi connectivity index (χ4v) is 13.2. The predicted octanol–water partition coefficient (Wildman–Crippen LogP) is 29.2. The molecular weight excluding hydrogens is 1830 g/mol. The van der Waals surface area contributed by atoms with Gasteiger partial charge in [-0.2, -0.15) is 26.3 Å². The van der Waals surface area contributed by atoms with Gasteiger partial charge in [0.2, 0.25) is 0 Å². The quantitative estimate of drug-likeness (QED) is 0.0177. The van der Waals surface area contributed by atoms with Crippen molar-refractivity contribution in [2.45, 2.75) is 345 Å². The van der Waals surface area contributed by atoms with Gasteiger partial charge in [-0.05, 0) is 260 Å². The molecule has 9 rings (SSSR count). The van der Waals surface area contributed by atoms with Gasteiger partial charge in [-0.15, -0.1) is 0 Å². The molecule has 28 heteroatoms. The van der Waals surface area contributed by atoms with Crippen LogP contribution in [-0.4, -0.2) is 156 Å². The number of alkyl halides is 12. The molecule has 1 aliphatic rings. The summed E-state index contributed by atoms with van der Waals surface area (Å²) in [6, 6.07) is 46.5. The van der Waals surface area contributed by atoms with Gasteiger partial charge < -0.3 is 73.6 Å². The Morgan fingerprint density at radius 1 is 0.257 bits per heavy atom. The molecule has 7 N–H and O–H groups in total. The monoisotopic (exact) mass is 1990 g/mol. The summed E-state index contributed by atoms with van der Waals surface area (Å²) in [6.07, 6.45) is -12.0. The summed E-state index contributed by atoms with van der Waals surface area (Å²) >= 11 is 0. The Labute approximate surface area is 826 Å². The highest BCUT2D eigenvalue weighted by Crippen LogP contribution is 2.42. The number of para-hydroxylation sites is 1. The van der Waals surface area contributed by atoms with Crippen molar-refractivity contribution in [3.63, 3.8) is 0 Å². The van der Waals surface area contributed by atoms with Gasteiger partial charge in [0.15, 0.2) is 0 Å². The Balaban J connectivity index is 0.000000542. The molecule has 0 aliphatic carbocycles. The summed E-state index contributed by atoms with van der Waals surface area (Å²) in [5.74, 6) is 5.27. The van der Waals surface area contributed by atoms with Crippen molar-refractivity contribution >= 4 is 0 Å². The summed E-state index contributed by atoms with van der Waals surface area (Å²) in [5.41, 5.74) is 5.34. The summed E-state index contributed by atoms with van der Waals surface area (Å²) in [4.78, 5) is 2.40. The molecule has 0 bridgehead atoms. The van der Waals surface area contributed by atoms with Crippen molar-refractivity contribution in [3.8, 4) is 46.0 Å². The number of piperidine rings is 1. The molecule has 8 aromatic carbocycles. The maximum absolute atomic E-state index is 13.0. The number of ether oxygens (including phenoxy) is 8. The molecule has 1 saturated heterocycles. The molecule has 0 spiro atoms. The first-order chi connectivity index (χ1) is 65.9. The predicted molar refractivity (Wildman–Crippen MR) is 537 cm³/mol. The van der Waals surface area contributed by atoms with Crippen LogP contribution in [0.2, 0.25) is 0 Å². The Morgan fingerprint density at radius 2 is 0.586 bits per heavy atom. The third-order valence-corrected chi connectivity index (χ3v) is 22.8. The van der Waals surface area contributed by atoms with Crippen LogP contribution in [0.15, 0.2) is 164 Å². The summed E-state index contributed by atoms with van der Waals surface area (Å²) < 4.78 is 198. The van der Waals surface area contributed by atoms with Gasteiger partial charge >= 0.3 is 12.4 Å². The second kappa shape index (κ2) is 67.5. The lowest BCUT2D eigenvalue weighted by atomic mass is 9.96. The third kappa shape index (κ3) is 49.8. The van der Waals surface area contributed by atoms with E-state index in [1.54, 1.807) is 70.2 Å². The number of rotatable bonds is 43. The molecule has 140 heavy (non-hydrogen) atoms. The van der Waals surface area contributed by atoms with Crippen molar-refractivity contribution in [2.75, 3.05) is 72.5 Å². The second-order valence-electron chi connectivity index (χ2n) is 37.1. The highest BCUT2D eigenvalue weighted by molar-refractivity contribution is 5.44. The molecule has 1 fully saturated rings. The number of nitrogens with zero attached hydrogens (tertiary/aromatic N) is 1. The van der Waals surface area contributed by atoms with E-state index in [1.807, 2.05) is 139 Å². The minimum atomic E-state index is -4.46. The smallest absolute Gasteiger partial charge is 0.419 e. The van der Waals surface area contributed by atoms with Gasteiger partial charge in [-0.3, -0.25) is 4.90 Å². The Kier molecular flexibility index (Phi) is 61.3. The largest absolute Gasteiger partial charge is 0.492 e. The van der Waals surface area contributed by atoms with Gasteiger partial charge in [0.25, 0.3) is 19.3 Å². The van der Waals surface area contributed by atoms with Crippen molar-refractivity contribution in [2.24, 2.45) is 0 Å². The highest BCUT2D eigenvalue weighted by atomic mass is 19.4. The van der Waals surface area contributed by atoms with Gasteiger partial charge in [-0.25, -0.2) is 26.3 Å². The van der Waals surface area contributed by atoms with Crippen LogP contribution in [0.25, 0.3) is 0 Å². The summed E-state index contributed by atoms with van der Waals surface area (Å²) in [5, 5.41) is 65.6. The standard InChI is InChI=1S/C17H25F2NO.2C14H19F3O2.2C14H20F2O2.3C13H20O2/c1-13(2)16-12-14(6-7-15(16)17(18)19)21-11-10-20-8-4-3-5-9-20;1-4-11(18)8-19-13-6-5-10(9(2)3)7-12(13)14(15,16)17;1-4-10(18)8-19-11-5-6-12(9(2)3)13(7-11)14(15,16)17;1-4-11(17)8-18-13-6-5-10(9(2)3)7-12(13)14(15)16;1-4-10(17)8-18-11-5-6-12(9(2)3)13(7-11)14(15)16;1-4-12(14)9-15-13-7-5-11(6-8-13)10(2)3;1-4-12(14)9-15-13-7-5-6-11(8-13)10(2)3;1-4-11(14)9-15-13-8-6-5-7-12(13)10(2)3/h6-7,12-13,17H,3-5,8-11H2,1-2H3;5-7,9,11,18H,4,8H2,1-3H3;5-7,9-10,18H,4,8H2,1-3H3;5-7,9,11,14,17H,4,8H2,1-3H3;5-7,9-10,14,17H,4,8H2,1-3H3;2*5-8,10,12,14H,4,9H2,1-3H3;5-8,10-11,14H,4,9H2,1-3H3. The topological polar surface area (TPSA) is 219 Å². The maximum Gasteiger partial charge on any atom is 0.419 e. The SMILES string of the molecule is CC(C)c1cc(OCCN2CCCCC2)ccc1C(F)F.CCC(O)COc1ccc(C(C)C)c(C(F)(F)F)c1.CCC(O)COc1ccc(C(C)C)c(C(F)F)c1.CCC(O)COc1ccc(C(C)C)cc1.CCC(O)COc1ccc(C(C)C)cc1C(F)(F)F.CCC(O)COc1ccc(C(C)C)cc1C(F)F.CCC(O)COc1cccc(C(C)C)c1.CCC(O)COc1ccccc1C(C)C. The fourth-order valence-electron chi connectivity index (χ4n) is 13.2. The highest BCUT2D eigenvalue weighted by Gasteiger charge is 2.36. The molecule has 1 heterocycles. The zero-order chi connectivity index (χ0) is 106. The van der Waals surface area contributed by atoms with Crippen LogP contribution >= 0.6 is 0 Å². The number of aliphatic hydroxyl groups excluding tert-OH is 7. The van der Waals surface area contributed by atoms with Crippen LogP contribution in [0, 0.1) is 0 Å². The van der Waals surface area contributed by atoms with E-state index in [1.165, 1.54) is 72.4 Å². The molecule has 7 atom stereocenters. The van der Waals surface area contributed by atoms with Gasteiger partial charge in [0, 0.05) is 17.7 Å².